The van der Waals surface area contributed by atoms with E-state index < -0.39 is 0 Å². The Balaban J connectivity index is 0.00000242. The molecule has 0 unspecified atom stereocenters. The SMILES string of the molecule is CN=C(NCCN(C)c1ccccc1)NCc1ccsc1.I. The third kappa shape index (κ3) is 6.23. The molecule has 0 amide bonds. The van der Waals surface area contributed by atoms with Crippen molar-refractivity contribution in [3.63, 3.8) is 0 Å². The highest BCUT2D eigenvalue weighted by Crippen LogP contribution is 2.09. The maximum Gasteiger partial charge on any atom is 0.191 e. The number of anilines is 1. The van der Waals surface area contributed by atoms with Gasteiger partial charge in [0.05, 0.1) is 0 Å². The summed E-state index contributed by atoms with van der Waals surface area (Å²) in [5.41, 5.74) is 2.50. The molecule has 0 aliphatic heterocycles. The molecule has 0 saturated carbocycles. The quantitative estimate of drug-likeness (QED) is 0.420. The Hall–Kier alpha value is -1.28. The van der Waals surface area contributed by atoms with Crippen LogP contribution in [0.2, 0.25) is 0 Å². The molecular weight excluding hydrogens is 407 g/mol. The van der Waals surface area contributed by atoms with E-state index in [1.54, 1.807) is 18.4 Å². The molecule has 0 spiro atoms. The molecule has 0 atom stereocenters. The number of aliphatic imine (C=N–C) groups is 1. The fourth-order valence-electron chi connectivity index (χ4n) is 1.95. The summed E-state index contributed by atoms with van der Waals surface area (Å²) in [5.74, 6) is 0.836. The Bertz CT molecular complexity index is 543. The monoisotopic (exact) mass is 430 g/mol. The third-order valence-corrected chi connectivity index (χ3v) is 3.93. The van der Waals surface area contributed by atoms with Gasteiger partial charge in [-0.2, -0.15) is 11.3 Å². The highest BCUT2D eigenvalue weighted by Gasteiger charge is 2.01. The molecule has 0 aliphatic carbocycles. The lowest BCUT2D eigenvalue weighted by Crippen LogP contribution is -2.40. The molecule has 0 saturated heterocycles. The van der Waals surface area contributed by atoms with Gasteiger partial charge in [0, 0.05) is 39.4 Å². The lowest BCUT2D eigenvalue weighted by atomic mass is 10.3. The number of likely N-dealkylation sites (N-methyl/N-ethyl adjacent to an activating group) is 1. The summed E-state index contributed by atoms with van der Waals surface area (Å²) in [7, 11) is 3.89. The van der Waals surface area contributed by atoms with Crippen molar-refractivity contribution in [2.45, 2.75) is 6.54 Å². The number of guanidine groups is 1. The third-order valence-electron chi connectivity index (χ3n) is 3.20. The highest BCUT2D eigenvalue weighted by atomic mass is 127. The molecule has 6 heteroatoms. The molecular formula is C16H23IN4S. The van der Waals surface area contributed by atoms with E-state index in [-0.39, 0.29) is 24.0 Å². The van der Waals surface area contributed by atoms with Crippen LogP contribution >= 0.6 is 35.3 Å². The lowest BCUT2D eigenvalue weighted by Gasteiger charge is -2.20. The van der Waals surface area contributed by atoms with Crippen LogP contribution in [-0.4, -0.2) is 33.1 Å². The molecule has 1 heterocycles. The standard InChI is InChI=1S/C16H22N4S.HI/c1-17-16(19-12-14-8-11-21-13-14)18-9-10-20(2)15-6-4-3-5-7-15;/h3-8,11,13H,9-10,12H2,1-2H3,(H2,17,18,19);1H. The summed E-state index contributed by atoms with van der Waals surface area (Å²) in [6.07, 6.45) is 0. The molecule has 0 fully saturated rings. The van der Waals surface area contributed by atoms with Crippen LogP contribution in [0.25, 0.3) is 0 Å². The predicted octanol–water partition coefficient (Wildman–Crippen LogP) is 3.17. The van der Waals surface area contributed by atoms with E-state index in [4.69, 9.17) is 0 Å². The van der Waals surface area contributed by atoms with Crippen molar-refractivity contribution in [1.29, 1.82) is 0 Å². The number of hydrogen-bond donors (Lipinski definition) is 2. The van der Waals surface area contributed by atoms with Crippen LogP contribution in [0.3, 0.4) is 0 Å². The lowest BCUT2D eigenvalue weighted by molar-refractivity contribution is 0.778. The van der Waals surface area contributed by atoms with Crippen molar-refractivity contribution in [3.8, 4) is 0 Å². The maximum absolute atomic E-state index is 4.24. The van der Waals surface area contributed by atoms with Gasteiger partial charge in [-0.3, -0.25) is 4.99 Å². The molecule has 1 aromatic carbocycles. The van der Waals surface area contributed by atoms with Gasteiger partial charge in [-0.05, 0) is 34.5 Å². The number of thiophene rings is 1. The minimum atomic E-state index is 0. The number of halogens is 1. The van der Waals surface area contributed by atoms with Crippen molar-refractivity contribution in [2.75, 3.05) is 32.1 Å². The Morgan fingerprint density at radius 1 is 1.18 bits per heavy atom. The van der Waals surface area contributed by atoms with Crippen molar-refractivity contribution in [1.82, 2.24) is 10.6 Å². The largest absolute Gasteiger partial charge is 0.373 e. The molecule has 0 aliphatic rings. The summed E-state index contributed by atoms with van der Waals surface area (Å²) in [6.45, 7) is 2.57. The Labute approximate surface area is 153 Å². The zero-order valence-electron chi connectivity index (χ0n) is 13.0. The number of nitrogens with one attached hydrogen (secondary N) is 2. The van der Waals surface area contributed by atoms with Gasteiger partial charge < -0.3 is 15.5 Å². The summed E-state index contributed by atoms with van der Waals surface area (Å²) in [5, 5.41) is 10.9. The van der Waals surface area contributed by atoms with Gasteiger partial charge in [-0.15, -0.1) is 24.0 Å². The van der Waals surface area contributed by atoms with Crippen molar-refractivity contribution in [3.05, 3.63) is 52.7 Å². The summed E-state index contributed by atoms with van der Waals surface area (Å²) in [6, 6.07) is 12.5. The first-order valence-electron chi connectivity index (χ1n) is 7.01. The van der Waals surface area contributed by atoms with Crippen LogP contribution in [0.1, 0.15) is 5.56 Å². The van der Waals surface area contributed by atoms with E-state index in [1.165, 1.54) is 11.3 Å². The summed E-state index contributed by atoms with van der Waals surface area (Å²) < 4.78 is 0. The molecule has 2 N–H and O–H groups in total. The van der Waals surface area contributed by atoms with Crippen molar-refractivity contribution >= 4 is 47.0 Å². The fraction of sp³-hybridized carbons (Fsp3) is 0.312. The van der Waals surface area contributed by atoms with E-state index in [0.29, 0.717) is 0 Å². The molecule has 4 nitrogen and oxygen atoms in total. The van der Waals surface area contributed by atoms with Crippen molar-refractivity contribution < 1.29 is 0 Å². The molecule has 22 heavy (non-hydrogen) atoms. The second-order valence-corrected chi connectivity index (χ2v) is 5.52. The fourth-order valence-corrected chi connectivity index (χ4v) is 2.62. The second kappa shape index (κ2) is 10.4. The summed E-state index contributed by atoms with van der Waals surface area (Å²) >= 11 is 1.71. The molecule has 2 rings (SSSR count). The number of para-hydroxylation sites is 1. The van der Waals surface area contributed by atoms with Crippen LogP contribution in [0.4, 0.5) is 5.69 Å². The van der Waals surface area contributed by atoms with Gasteiger partial charge in [0.15, 0.2) is 5.96 Å². The first-order valence-corrected chi connectivity index (χ1v) is 7.95. The maximum atomic E-state index is 4.24. The number of hydrogen-bond acceptors (Lipinski definition) is 3. The van der Waals surface area contributed by atoms with E-state index in [9.17, 15) is 0 Å². The van der Waals surface area contributed by atoms with Gasteiger partial charge in [-0.25, -0.2) is 0 Å². The number of rotatable bonds is 6. The first kappa shape index (κ1) is 18.8. The van der Waals surface area contributed by atoms with Gasteiger partial charge in [0.25, 0.3) is 0 Å². The van der Waals surface area contributed by atoms with E-state index in [1.807, 2.05) is 6.07 Å². The molecule has 2 aromatic rings. The van der Waals surface area contributed by atoms with E-state index in [2.05, 4.69) is 68.7 Å². The highest BCUT2D eigenvalue weighted by molar-refractivity contribution is 14.0. The Kier molecular flexibility index (Phi) is 8.91. The molecule has 0 bridgehead atoms. The summed E-state index contributed by atoms with van der Waals surface area (Å²) in [4.78, 5) is 6.46. The van der Waals surface area contributed by atoms with Crippen LogP contribution in [0.15, 0.2) is 52.2 Å². The Morgan fingerprint density at radius 3 is 2.59 bits per heavy atom. The second-order valence-electron chi connectivity index (χ2n) is 4.74. The predicted molar refractivity (Wildman–Crippen MR) is 108 cm³/mol. The Morgan fingerprint density at radius 2 is 1.95 bits per heavy atom. The zero-order chi connectivity index (χ0) is 14.9. The van der Waals surface area contributed by atoms with Crippen LogP contribution < -0.4 is 15.5 Å². The van der Waals surface area contributed by atoms with Crippen LogP contribution in [0, 0.1) is 0 Å². The molecule has 120 valence electrons. The van der Waals surface area contributed by atoms with E-state index in [0.717, 1.165) is 25.6 Å². The average Bonchev–Trinajstić information content (AvgIpc) is 3.04. The van der Waals surface area contributed by atoms with Gasteiger partial charge in [0.1, 0.15) is 0 Å². The first-order chi connectivity index (χ1) is 10.3. The normalized spacial score (nSPS) is 10.7. The zero-order valence-corrected chi connectivity index (χ0v) is 16.1. The van der Waals surface area contributed by atoms with Crippen LogP contribution in [0.5, 0.6) is 0 Å². The van der Waals surface area contributed by atoms with Gasteiger partial charge >= 0.3 is 0 Å². The minimum Gasteiger partial charge on any atom is -0.373 e. The van der Waals surface area contributed by atoms with Crippen molar-refractivity contribution in [2.24, 2.45) is 4.99 Å². The number of benzene rings is 1. The molecule has 1 aromatic heterocycles. The number of nitrogens with zero attached hydrogens (tertiary/aromatic N) is 2. The molecule has 0 radical (unpaired) electrons. The van der Waals surface area contributed by atoms with Gasteiger partial charge in [0.2, 0.25) is 0 Å². The van der Waals surface area contributed by atoms with E-state index >= 15 is 0 Å². The topological polar surface area (TPSA) is 39.7 Å². The minimum absolute atomic E-state index is 0. The average molecular weight is 430 g/mol. The van der Waals surface area contributed by atoms with Gasteiger partial charge in [-0.1, -0.05) is 18.2 Å². The van der Waals surface area contributed by atoms with Crippen LogP contribution in [-0.2, 0) is 6.54 Å². The smallest absolute Gasteiger partial charge is 0.191 e.